The Bertz CT molecular complexity index is 1030. The fraction of sp³-hybridized carbons (Fsp3) is 0.188. The van der Waals surface area contributed by atoms with Crippen LogP contribution in [0.4, 0.5) is 0 Å². The number of aryl methyl sites for hydroxylation is 1. The van der Waals surface area contributed by atoms with E-state index in [2.05, 4.69) is 20.9 Å². The van der Waals surface area contributed by atoms with Gasteiger partial charge in [-0.05, 0) is 41.1 Å². The third kappa shape index (κ3) is 2.55. The van der Waals surface area contributed by atoms with Crippen molar-refractivity contribution >= 4 is 37.0 Å². The minimum Gasteiger partial charge on any atom is -0.496 e. The van der Waals surface area contributed by atoms with Crippen molar-refractivity contribution in [2.75, 3.05) is 14.2 Å². The van der Waals surface area contributed by atoms with E-state index in [9.17, 15) is 8.42 Å². The molecule has 0 N–H and O–H groups in total. The maximum Gasteiger partial charge on any atom is 0.273 e. The molecule has 0 spiro atoms. The van der Waals surface area contributed by atoms with Gasteiger partial charge in [0.25, 0.3) is 10.0 Å². The molecule has 3 rings (SSSR count). The van der Waals surface area contributed by atoms with Crippen LogP contribution in [0, 0.1) is 6.92 Å². The van der Waals surface area contributed by atoms with E-state index in [0.717, 1.165) is 0 Å². The molecule has 3 aromatic rings. The molecule has 0 bridgehead atoms. The molecule has 0 saturated heterocycles. The molecule has 0 unspecified atom stereocenters. The minimum atomic E-state index is -3.92. The number of ether oxygens (including phenoxy) is 2. The zero-order valence-corrected chi connectivity index (χ0v) is 15.7. The Hall–Kier alpha value is -2.06. The number of para-hydroxylation sites is 2. The maximum absolute atomic E-state index is 13.3. The van der Waals surface area contributed by atoms with E-state index in [0.29, 0.717) is 27.1 Å². The first-order valence-electron chi connectivity index (χ1n) is 7.01. The number of hydrogen-bond acceptors (Lipinski definition) is 5. The predicted molar refractivity (Wildman–Crippen MR) is 94.3 cm³/mol. The molecule has 1 heterocycles. The molecule has 24 heavy (non-hydrogen) atoms. The molecule has 0 aliphatic carbocycles. The summed E-state index contributed by atoms with van der Waals surface area (Å²) in [5.41, 5.74) is 1.13. The second-order valence-corrected chi connectivity index (χ2v) is 7.66. The maximum atomic E-state index is 13.3. The highest BCUT2D eigenvalue weighted by atomic mass is 79.9. The molecular weight excluding hydrogens is 396 g/mol. The molecule has 126 valence electrons. The summed E-state index contributed by atoms with van der Waals surface area (Å²) in [4.78, 5) is 4.33. The first-order chi connectivity index (χ1) is 11.4. The summed E-state index contributed by atoms with van der Waals surface area (Å²) in [7, 11) is -1.02. The van der Waals surface area contributed by atoms with Gasteiger partial charge in [0.2, 0.25) is 0 Å². The van der Waals surface area contributed by atoms with Crippen molar-refractivity contribution in [2.45, 2.75) is 11.8 Å². The van der Waals surface area contributed by atoms with Gasteiger partial charge in [0.15, 0.2) is 0 Å². The SMILES string of the molecule is COc1cc(S(=O)(=O)n2c(C)nc3ccccc32)c(OC)cc1Br. The Morgan fingerprint density at radius 3 is 2.42 bits per heavy atom. The summed E-state index contributed by atoms with van der Waals surface area (Å²) in [6.07, 6.45) is 0. The number of benzene rings is 2. The van der Waals surface area contributed by atoms with E-state index in [4.69, 9.17) is 9.47 Å². The summed E-state index contributed by atoms with van der Waals surface area (Å²) in [6, 6.07) is 10.1. The Kier molecular flexibility index (Phi) is 4.27. The van der Waals surface area contributed by atoms with E-state index >= 15 is 0 Å². The average Bonchev–Trinajstić information content (AvgIpc) is 2.90. The summed E-state index contributed by atoms with van der Waals surface area (Å²) in [5.74, 6) is 0.997. The lowest BCUT2D eigenvalue weighted by Gasteiger charge is -2.14. The van der Waals surface area contributed by atoms with Gasteiger partial charge >= 0.3 is 0 Å². The van der Waals surface area contributed by atoms with Gasteiger partial charge in [-0.1, -0.05) is 12.1 Å². The molecule has 0 atom stereocenters. The summed E-state index contributed by atoms with van der Waals surface area (Å²) >= 11 is 3.33. The smallest absolute Gasteiger partial charge is 0.273 e. The van der Waals surface area contributed by atoms with Crippen LogP contribution in [0.15, 0.2) is 45.8 Å². The highest BCUT2D eigenvalue weighted by Crippen LogP contribution is 2.37. The topological polar surface area (TPSA) is 70.4 Å². The second kappa shape index (κ2) is 6.10. The van der Waals surface area contributed by atoms with Crippen LogP contribution in [-0.4, -0.2) is 31.6 Å². The van der Waals surface area contributed by atoms with Gasteiger partial charge in [-0.2, -0.15) is 0 Å². The zero-order chi connectivity index (χ0) is 17.5. The van der Waals surface area contributed by atoms with Crippen LogP contribution in [0.3, 0.4) is 0 Å². The number of aromatic nitrogens is 2. The lowest BCUT2D eigenvalue weighted by atomic mass is 10.3. The number of imidazole rings is 1. The molecule has 0 aliphatic rings. The lowest BCUT2D eigenvalue weighted by Crippen LogP contribution is -2.15. The largest absolute Gasteiger partial charge is 0.496 e. The van der Waals surface area contributed by atoms with E-state index in [1.54, 1.807) is 31.2 Å². The first-order valence-corrected chi connectivity index (χ1v) is 9.24. The number of halogens is 1. The number of fused-ring (bicyclic) bond motifs is 1. The van der Waals surface area contributed by atoms with Crippen LogP contribution in [0.25, 0.3) is 11.0 Å². The predicted octanol–water partition coefficient (Wildman–Crippen LogP) is 3.36. The minimum absolute atomic E-state index is 0.0105. The molecule has 0 aliphatic heterocycles. The number of methoxy groups -OCH3 is 2. The van der Waals surface area contributed by atoms with Crippen LogP contribution in [0.5, 0.6) is 11.5 Å². The summed E-state index contributed by atoms with van der Waals surface area (Å²) < 4.78 is 38.8. The van der Waals surface area contributed by atoms with Gasteiger partial charge in [0.05, 0.1) is 29.7 Å². The van der Waals surface area contributed by atoms with Crippen molar-refractivity contribution in [1.29, 1.82) is 0 Å². The van der Waals surface area contributed by atoms with E-state index in [1.165, 1.54) is 24.3 Å². The quantitative estimate of drug-likeness (QED) is 0.659. The van der Waals surface area contributed by atoms with Crippen molar-refractivity contribution in [2.24, 2.45) is 0 Å². The fourth-order valence-electron chi connectivity index (χ4n) is 2.56. The van der Waals surface area contributed by atoms with Gasteiger partial charge in [-0.15, -0.1) is 0 Å². The van der Waals surface area contributed by atoms with E-state index < -0.39 is 10.0 Å². The van der Waals surface area contributed by atoms with Gasteiger partial charge < -0.3 is 9.47 Å². The third-order valence-corrected chi connectivity index (χ3v) is 6.07. The van der Waals surface area contributed by atoms with Crippen molar-refractivity contribution in [3.8, 4) is 11.5 Å². The Morgan fingerprint density at radius 1 is 1.08 bits per heavy atom. The van der Waals surface area contributed by atoms with E-state index in [-0.39, 0.29) is 10.6 Å². The molecule has 0 saturated carbocycles. The van der Waals surface area contributed by atoms with Crippen molar-refractivity contribution in [1.82, 2.24) is 8.96 Å². The van der Waals surface area contributed by atoms with Crippen LogP contribution in [0.2, 0.25) is 0 Å². The molecule has 2 aromatic carbocycles. The molecule has 0 radical (unpaired) electrons. The molecule has 0 amide bonds. The molecule has 1 aromatic heterocycles. The highest BCUT2D eigenvalue weighted by molar-refractivity contribution is 9.10. The molecule has 6 nitrogen and oxygen atoms in total. The van der Waals surface area contributed by atoms with Crippen molar-refractivity contribution in [3.05, 3.63) is 46.7 Å². The number of rotatable bonds is 4. The van der Waals surface area contributed by atoms with Crippen LogP contribution >= 0.6 is 15.9 Å². The zero-order valence-electron chi connectivity index (χ0n) is 13.3. The molecular formula is C16H15BrN2O4S. The van der Waals surface area contributed by atoms with E-state index in [1.807, 2.05) is 6.07 Å². The highest BCUT2D eigenvalue weighted by Gasteiger charge is 2.27. The average molecular weight is 411 g/mol. The Morgan fingerprint density at radius 2 is 1.75 bits per heavy atom. The van der Waals surface area contributed by atoms with Gasteiger partial charge in [0, 0.05) is 6.07 Å². The van der Waals surface area contributed by atoms with Gasteiger partial charge in [-0.3, -0.25) is 0 Å². The standard InChI is InChI=1S/C16H15BrN2O4S/c1-10-18-12-6-4-5-7-13(12)19(10)24(20,21)16-9-14(22-2)11(17)8-15(16)23-3/h4-9H,1-3H3. The van der Waals surface area contributed by atoms with Crippen LogP contribution in [0.1, 0.15) is 5.82 Å². The normalized spacial score (nSPS) is 11.7. The Balaban J connectivity index is 2.34. The second-order valence-electron chi connectivity index (χ2n) is 5.05. The van der Waals surface area contributed by atoms with Gasteiger partial charge in [-0.25, -0.2) is 17.4 Å². The molecule has 0 fully saturated rings. The van der Waals surface area contributed by atoms with Gasteiger partial charge in [0.1, 0.15) is 22.2 Å². The number of hydrogen-bond donors (Lipinski definition) is 0. The van der Waals surface area contributed by atoms with Crippen molar-refractivity contribution < 1.29 is 17.9 Å². The summed E-state index contributed by atoms with van der Waals surface area (Å²) in [6.45, 7) is 1.65. The number of nitrogens with zero attached hydrogens (tertiary/aromatic N) is 2. The monoisotopic (exact) mass is 410 g/mol. The lowest BCUT2D eigenvalue weighted by molar-refractivity contribution is 0.390. The first kappa shape index (κ1) is 16.8. The summed E-state index contributed by atoms with van der Waals surface area (Å²) in [5, 5.41) is 0. The molecule has 8 heteroatoms. The van der Waals surface area contributed by atoms with Crippen LogP contribution < -0.4 is 9.47 Å². The Labute approximate surface area is 148 Å². The fourth-order valence-corrected chi connectivity index (χ4v) is 4.70. The van der Waals surface area contributed by atoms with Crippen molar-refractivity contribution in [3.63, 3.8) is 0 Å². The third-order valence-electron chi connectivity index (χ3n) is 3.63. The van der Waals surface area contributed by atoms with Crippen LogP contribution in [-0.2, 0) is 10.0 Å².